The first kappa shape index (κ1) is 17.5. The fourth-order valence-corrected chi connectivity index (χ4v) is 3.90. The molecule has 4 rings (SSSR count). The number of Topliss-reactive ketones (excluding diaryl/α,β-unsaturated/α-hetero) is 1. The van der Waals surface area contributed by atoms with Gasteiger partial charge in [0.05, 0.1) is 5.69 Å². The first-order valence-corrected chi connectivity index (χ1v) is 9.61. The zero-order valence-corrected chi connectivity index (χ0v) is 15.6. The monoisotopic (exact) mass is 360 g/mol. The average Bonchev–Trinajstić information content (AvgIpc) is 3.08. The summed E-state index contributed by atoms with van der Waals surface area (Å²) < 4.78 is 2.02. The van der Waals surface area contributed by atoms with Crippen molar-refractivity contribution < 1.29 is 9.59 Å². The van der Waals surface area contributed by atoms with E-state index in [1.807, 2.05) is 54.2 Å². The molecule has 0 spiro atoms. The Morgan fingerprint density at radius 2 is 1.81 bits per heavy atom. The third-order valence-electron chi connectivity index (χ3n) is 5.45. The number of carbonyl (C=O) groups excluding carboxylic acids is 2. The van der Waals surface area contributed by atoms with Crippen molar-refractivity contribution in [3.63, 3.8) is 0 Å². The van der Waals surface area contributed by atoms with Crippen molar-refractivity contribution in [2.75, 3.05) is 5.32 Å². The lowest BCUT2D eigenvalue weighted by Crippen LogP contribution is -2.14. The van der Waals surface area contributed by atoms with Gasteiger partial charge < -0.3 is 9.88 Å². The Kier molecular flexibility index (Phi) is 4.80. The minimum atomic E-state index is -0.127. The third-order valence-corrected chi connectivity index (χ3v) is 5.45. The second kappa shape index (κ2) is 7.39. The van der Waals surface area contributed by atoms with Gasteiger partial charge in [-0.25, -0.2) is 0 Å². The van der Waals surface area contributed by atoms with Crippen LogP contribution in [-0.2, 0) is 24.7 Å². The molecule has 0 bridgehead atoms. The molecule has 2 aromatic carbocycles. The van der Waals surface area contributed by atoms with Crippen molar-refractivity contribution in [1.82, 2.24) is 4.57 Å². The summed E-state index contributed by atoms with van der Waals surface area (Å²) in [6.07, 6.45) is 6.98. The van der Waals surface area contributed by atoms with Gasteiger partial charge in [0.15, 0.2) is 5.78 Å². The van der Waals surface area contributed by atoms with E-state index in [0.717, 1.165) is 35.0 Å². The van der Waals surface area contributed by atoms with E-state index in [2.05, 4.69) is 11.4 Å². The summed E-state index contributed by atoms with van der Waals surface area (Å²) in [4.78, 5) is 24.9. The van der Waals surface area contributed by atoms with E-state index in [9.17, 15) is 9.59 Å². The number of hydrogen-bond acceptors (Lipinski definition) is 2. The highest BCUT2D eigenvalue weighted by Gasteiger charge is 2.14. The maximum atomic E-state index is 12.5. The summed E-state index contributed by atoms with van der Waals surface area (Å²) in [6, 6.07) is 13.8. The van der Waals surface area contributed by atoms with E-state index in [1.165, 1.54) is 24.0 Å². The number of aryl methyl sites for hydroxylation is 3. The third kappa shape index (κ3) is 3.65. The maximum absolute atomic E-state index is 12.5. The fourth-order valence-electron chi connectivity index (χ4n) is 3.90. The van der Waals surface area contributed by atoms with Gasteiger partial charge in [0.1, 0.15) is 0 Å². The van der Waals surface area contributed by atoms with Gasteiger partial charge >= 0.3 is 0 Å². The van der Waals surface area contributed by atoms with Crippen LogP contribution in [0.15, 0.2) is 48.7 Å². The number of ketones is 1. The largest absolute Gasteiger partial charge is 0.350 e. The van der Waals surface area contributed by atoms with Crippen molar-refractivity contribution in [2.45, 2.75) is 38.5 Å². The zero-order chi connectivity index (χ0) is 18.8. The van der Waals surface area contributed by atoms with Crippen LogP contribution < -0.4 is 5.32 Å². The van der Waals surface area contributed by atoms with Gasteiger partial charge in [0, 0.05) is 42.6 Å². The Morgan fingerprint density at radius 1 is 1.00 bits per heavy atom. The van der Waals surface area contributed by atoms with Crippen molar-refractivity contribution in [2.24, 2.45) is 7.05 Å². The predicted molar refractivity (Wildman–Crippen MR) is 108 cm³/mol. The molecule has 0 saturated carbocycles. The van der Waals surface area contributed by atoms with Gasteiger partial charge in [0.2, 0.25) is 5.91 Å². The minimum absolute atomic E-state index is 0.0384. The highest BCUT2D eigenvalue weighted by atomic mass is 16.2. The minimum Gasteiger partial charge on any atom is -0.350 e. The number of fused-ring (bicyclic) bond motifs is 2. The van der Waals surface area contributed by atoms with Gasteiger partial charge in [-0.05, 0) is 61.1 Å². The highest BCUT2D eigenvalue weighted by molar-refractivity contribution is 6.04. The molecule has 1 aliphatic carbocycles. The molecular weight excluding hydrogens is 336 g/mol. The molecule has 0 aliphatic heterocycles. The average molecular weight is 360 g/mol. The Morgan fingerprint density at radius 3 is 2.67 bits per heavy atom. The Hall–Kier alpha value is -2.88. The smallest absolute Gasteiger partial charge is 0.224 e. The lowest BCUT2D eigenvalue weighted by molar-refractivity contribution is -0.116. The number of rotatable bonds is 5. The summed E-state index contributed by atoms with van der Waals surface area (Å²) in [7, 11) is 1.98. The Labute approximate surface area is 159 Å². The summed E-state index contributed by atoms with van der Waals surface area (Å²) in [5.74, 6) is -0.0888. The van der Waals surface area contributed by atoms with Crippen molar-refractivity contribution >= 4 is 28.3 Å². The summed E-state index contributed by atoms with van der Waals surface area (Å²) in [5.41, 5.74) is 5.25. The van der Waals surface area contributed by atoms with E-state index < -0.39 is 0 Å². The van der Waals surface area contributed by atoms with Crippen molar-refractivity contribution in [1.29, 1.82) is 0 Å². The number of amides is 1. The lowest BCUT2D eigenvalue weighted by Gasteiger charge is -2.16. The van der Waals surface area contributed by atoms with Gasteiger partial charge in [-0.15, -0.1) is 0 Å². The lowest BCUT2D eigenvalue weighted by atomic mass is 9.89. The molecule has 0 saturated heterocycles. The van der Waals surface area contributed by atoms with Crippen LogP contribution in [0, 0.1) is 0 Å². The molecule has 3 aromatic rings. The SMILES string of the molecule is Cn1ccc2c(NC(=O)CCC(=O)c3ccc4c(c3)CCCC4)cccc21. The molecule has 1 aromatic heterocycles. The van der Waals surface area contributed by atoms with Gasteiger partial charge in [-0.2, -0.15) is 0 Å². The van der Waals surface area contributed by atoms with Crippen LogP contribution >= 0.6 is 0 Å². The molecule has 0 atom stereocenters. The van der Waals surface area contributed by atoms with Crippen molar-refractivity contribution in [3.8, 4) is 0 Å². The topological polar surface area (TPSA) is 51.1 Å². The normalized spacial score (nSPS) is 13.4. The molecule has 0 unspecified atom stereocenters. The molecule has 1 heterocycles. The standard InChI is InChI=1S/C23H24N2O2/c1-25-14-13-19-20(7-4-8-21(19)25)24-23(27)12-11-22(26)18-10-9-16-5-2-3-6-17(16)15-18/h4,7-10,13-15H,2-3,5-6,11-12H2,1H3,(H,24,27). The van der Waals surface area contributed by atoms with Gasteiger partial charge in [0.25, 0.3) is 0 Å². The van der Waals surface area contributed by atoms with Crippen LogP contribution in [0.3, 0.4) is 0 Å². The van der Waals surface area contributed by atoms with E-state index in [1.54, 1.807) is 0 Å². The molecule has 27 heavy (non-hydrogen) atoms. The molecule has 1 amide bonds. The first-order valence-electron chi connectivity index (χ1n) is 9.61. The van der Waals surface area contributed by atoms with E-state index in [0.29, 0.717) is 0 Å². The number of hydrogen-bond donors (Lipinski definition) is 1. The number of benzene rings is 2. The number of carbonyl (C=O) groups is 2. The fraction of sp³-hybridized carbons (Fsp3) is 0.304. The van der Waals surface area contributed by atoms with Crippen LogP contribution in [0.2, 0.25) is 0 Å². The van der Waals surface area contributed by atoms with Crippen LogP contribution in [-0.4, -0.2) is 16.3 Å². The van der Waals surface area contributed by atoms with Crippen LogP contribution in [0.4, 0.5) is 5.69 Å². The van der Waals surface area contributed by atoms with E-state index >= 15 is 0 Å². The summed E-state index contributed by atoms with van der Waals surface area (Å²) in [5, 5.41) is 3.96. The molecule has 1 aliphatic rings. The second-order valence-electron chi connectivity index (χ2n) is 7.33. The Bertz CT molecular complexity index is 1020. The van der Waals surface area contributed by atoms with E-state index in [4.69, 9.17) is 0 Å². The predicted octanol–water partition coefficient (Wildman–Crippen LogP) is 4.66. The summed E-state index contributed by atoms with van der Waals surface area (Å²) in [6.45, 7) is 0. The van der Waals surface area contributed by atoms with Crippen LogP contribution in [0.1, 0.15) is 47.2 Å². The number of nitrogens with zero attached hydrogens (tertiary/aromatic N) is 1. The van der Waals surface area contributed by atoms with Crippen LogP contribution in [0.25, 0.3) is 10.9 Å². The molecule has 0 radical (unpaired) electrons. The van der Waals surface area contributed by atoms with Crippen molar-refractivity contribution in [3.05, 3.63) is 65.4 Å². The molecule has 4 heteroatoms. The molecular formula is C23H24N2O2. The summed E-state index contributed by atoms with van der Waals surface area (Å²) >= 11 is 0. The van der Waals surface area contributed by atoms with Gasteiger partial charge in [-0.1, -0.05) is 18.2 Å². The molecule has 1 N–H and O–H groups in total. The second-order valence-corrected chi connectivity index (χ2v) is 7.33. The number of nitrogens with one attached hydrogen (secondary N) is 1. The van der Waals surface area contributed by atoms with E-state index in [-0.39, 0.29) is 24.5 Å². The molecule has 138 valence electrons. The number of aromatic nitrogens is 1. The number of anilines is 1. The molecule has 4 nitrogen and oxygen atoms in total. The van der Waals surface area contributed by atoms with Gasteiger partial charge in [-0.3, -0.25) is 9.59 Å². The zero-order valence-electron chi connectivity index (χ0n) is 15.6. The first-order chi connectivity index (χ1) is 13.1. The van der Waals surface area contributed by atoms with Crippen LogP contribution in [0.5, 0.6) is 0 Å². The maximum Gasteiger partial charge on any atom is 0.224 e. The molecule has 0 fully saturated rings. The highest BCUT2D eigenvalue weighted by Crippen LogP contribution is 2.25. The quantitative estimate of drug-likeness (QED) is 0.673. The Balaban J connectivity index is 1.39.